The molecular weight excluding hydrogens is 1560 g/mol. The van der Waals surface area contributed by atoms with Crippen molar-refractivity contribution < 1.29 is 73.0 Å². The van der Waals surface area contributed by atoms with E-state index in [-0.39, 0.29) is 84.5 Å². The Balaban J connectivity index is 1.16. The highest BCUT2D eigenvalue weighted by Crippen LogP contribution is 2.58. The third kappa shape index (κ3) is 14.1. The van der Waals surface area contributed by atoms with Crippen LogP contribution in [0.15, 0.2) is 194 Å². The van der Waals surface area contributed by atoms with Crippen molar-refractivity contribution in [3.63, 3.8) is 0 Å². The summed E-state index contributed by atoms with van der Waals surface area (Å²) in [5, 5.41) is 27.0. The Kier molecular flexibility index (Phi) is 20.4. The van der Waals surface area contributed by atoms with Crippen molar-refractivity contribution in [1.29, 1.82) is 0 Å². The Morgan fingerprint density at radius 1 is 0.208 bits per heavy atom. The topological polar surface area (TPSA) is 279 Å². The van der Waals surface area contributed by atoms with Gasteiger partial charge in [0.25, 0.3) is 0 Å². The van der Waals surface area contributed by atoms with Gasteiger partial charge in [-0.05, 0) is 97.1 Å². The van der Waals surface area contributed by atoms with Gasteiger partial charge in [-0.3, -0.25) is 0 Å². The van der Waals surface area contributed by atoms with E-state index in [0.717, 1.165) is 0 Å². The Morgan fingerprint density at radius 2 is 0.400 bits per heavy atom. The average molecular weight is 1630 g/mol. The lowest BCUT2D eigenvalue weighted by atomic mass is 9.98. The highest BCUT2D eigenvalue weighted by molar-refractivity contribution is 6.26. The molecule has 0 saturated carbocycles. The van der Waals surface area contributed by atoms with Gasteiger partial charge in [-0.25, -0.2) is 65.0 Å². The Labute approximate surface area is 676 Å². The molecule has 120 heavy (non-hydrogen) atoms. The van der Waals surface area contributed by atoms with Crippen LogP contribution in [0.5, 0.6) is 46.0 Å². The van der Waals surface area contributed by atoms with Crippen molar-refractivity contribution in [2.24, 2.45) is 0 Å². The van der Waals surface area contributed by atoms with Crippen LogP contribution in [0.4, 0.5) is 126 Å². The fourth-order valence-electron chi connectivity index (χ4n) is 14.3. The molecule has 12 aromatic carbocycles. The summed E-state index contributed by atoms with van der Waals surface area (Å²) >= 11 is 0. The van der Waals surface area contributed by atoms with Gasteiger partial charge in [0.1, 0.15) is 68.6 Å². The Morgan fingerprint density at radius 3 is 0.633 bits per heavy atom. The normalized spacial score (nSPS) is 11.3. The van der Waals surface area contributed by atoms with Crippen LogP contribution < -0.4 is 80.4 Å². The first kappa shape index (κ1) is 76.8. The first-order chi connectivity index (χ1) is 58.3. The maximum Gasteiger partial charge on any atom is 0.198 e. The summed E-state index contributed by atoms with van der Waals surface area (Å²) < 4.78 is 182. The molecule has 0 fully saturated rings. The van der Waals surface area contributed by atoms with Crippen LogP contribution in [0.1, 0.15) is 0 Å². The van der Waals surface area contributed by atoms with Gasteiger partial charge in [0.15, 0.2) is 69.8 Å². The van der Waals surface area contributed by atoms with E-state index in [4.69, 9.17) is 57.8 Å². The van der Waals surface area contributed by atoms with E-state index in [1.807, 2.05) is 0 Å². The third-order valence-electron chi connectivity index (χ3n) is 19.9. The molecule has 17 rings (SSSR count). The van der Waals surface area contributed by atoms with Crippen molar-refractivity contribution in [2.75, 3.05) is 99.4 Å². The fourth-order valence-corrected chi connectivity index (χ4v) is 14.3. The van der Waals surface area contributed by atoms with Crippen molar-refractivity contribution in [2.45, 2.75) is 0 Å². The maximum absolute atomic E-state index is 17.6. The van der Waals surface area contributed by atoms with Crippen molar-refractivity contribution in [3.8, 4) is 91.5 Å². The number of fused-ring (bicyclic) bond motifs is 20. The second-order valence-corrected chi connectivity index (χ2v) is 27.0. The Hall–Kier alpha value is -15.8. The quantitative estimate of drug-likeness (QED) is 0.0153. The zero-order chi connectivity index (χ0) is 83.3. The summed E-state index contributed by atoms with van der Waals surface area (Å²) in [7, 11) is 11.9. The van der Waals surface area contributed by atoms with E-state index >= 15 is 35.1 Å². The van der Waals surface area contributed by atoms with Gasteiger partial charge in [0, 0.05) is 94.0 Å². The standard InChI is InChI=1S/C88H66F8N16O8/c1-113-49-25-9-17-41(33-49)97-73-61-63(75(99-43-19-11-27-51(35-43)115-3)79(103-47-23-15-31-55(39-47)119-7)77(73)101-45-21-13-29-53(37-45)117-5)87-110-85(61)108-83-59-57(65(89)69(93)71(95)67(59)91)81(106-83)105-82-58-60(68(92)72(96)70(94)66(58)90)84(107-82)109-86-62-64(88(111-86)112-87)76(100-44-20-12-28-52(36-44)116-4)80(104-48-24-16-32-56(40-48)120-8)78(102-46-22-14-30-54(38-46)118-6)74(62)98-42-18-10-26-50(34-42)114-2/h9-40,97-104H,1-8H3,(H2,105,106,107,108,109,110,111,112). The van der Waals surface area contributed by atoms with Gasteiger partial charge < -0.3 is 90.4 Å². The Bertz CT molecular complexity index is 6860. The number of halogens is 8. The maximum atomic E-state index is 17.6. The zero-order valence-electron chi connectivity index (χ0n) is 64.4. The molecule has 24 nitrogen and oxygen atoms in total. The number of ether oxygens (including phenoxy) is 8. The van der Waals surface area contributed by atoms with Crippen LogP contribution >= 0.6 is 0 Å². The fraction of sp³-hybridized carbons (Fsp3) is 0.0909. The molecule has 0 saturated heterocycles. The minimum absolute atomic E-state index is 0.0124. The number of methoxy groups -OCH3 is 8. The second-order valence-electron chi connectivity index (χ2n) is 27.0. The molecule has 5 heterocycles. The molecule has 0 atom stereocenters. The SMILES string of the molecule is COc1cccc(Nc2c(Nc3cccc(OC)c3)c(Nc3cccc(OC)c3)c3c(c2Nc2cccc(OC)c2)-c2nc-3nc3[nH]c(nc4nc(nc5[nH]c(n2)c2c(F)c(F)c(F)c(F)c52)-c2c(F)c(F)c(F)c(F)c2-4)c2c(Nc4cccc(OC)c4)c(Nc4cccc(OC)c4)c(Nc4cccc(OC)c4)c(Nc4cccc(OC)c4)c32)c1. The van der Waals surface area contributed by atoms with Gasteiger partial charge in [0.2, 0.25) is 0 Å². The number of hydrogen-bond donors (Lipinski definition) is 10. The minimum atomic E-state index is -2.35. The van der Waals surface area contributed by atoms with Gasteiger partial charge in [-0.2, -0.15) is 0 Å². The molecule has 602 valence electrons. The van der Waals surface area contributed by atoms with E-state index in [1.165, 1.54) is 56.9 Å². The number of nitrogens with zero attached hydrogens (tertiary/aromatic N) is 6. The number of H-pyrrole nitrogens is 2. The number of anilines is 16. The van der Waals surface area contributed by atoms with E-state index < -0.39 is 97.2 Å². The summed E-state index contributed by atoms with van der Waals surface area (Å²) in [6.45, 7) is 0. The van der Waals surface area contributed by atoms with Gasteiger partial charge in [-0.15, -0.1) is 0 Å². The number of aromatic amines is 2. The van der Waals surface area contributed by atoms with Gasteiger partial charge >= 0.3 is 0 Å². The van der Waals surface area contributed by atoms with Crippen molar-refractivity contribution in [1.82, 2.24) is 39.9 Å². The number of rotatable bonds is 24. The van der Waals surface area contributed by atoms with Gasteiger partial charge in [0.05, 0.1) is 146 Å². The molecule has 15 aromatic rings. The highest BCUT2D eigenvalue weighted by Gasteiger charge is 2.38. The lowest BCUT2D eigenvalue weighted by molar-refractivity contribution is 0.412. The van der Waals surface area contributed by atoms with E-state index in [9.17, 15) is 0 Å². The second kappa shape index (κ2) is 31.8. The summed E-state index contributed by atoms with van der Waals surface area (Å²) in [4.78, 5) is 36.2. The summed E-state index contributed by atoms with van der Waals surface area (Å²) in [6.07, 6.45) is 0. The molecule has 0 spiro atoms. The molecule has 3 aromatic heterocycles. The molecule has 0 aliphatic carbocycles. The lowest BCUT2D eigenvalue weighted by Gasteiger charge is -2.26. The van der Waals surface area contributed by atoms with Crippen LogP contribution in [0.3, 0.4) is 0 Å². The number of hydrogen-bond acceptors (Lipinski definition) is 22. The number of nitrogens with one attached hydrogen (secondary N) is 10. The van der Waals surface area contributed by atoms with Crippen molar-refractivity contribution in [3.05, 3.63) is 241 Å². The third-order valence-corrected chi connectivity index (χ3v) is 19.9. The van der Waals surface area contributed by atoms with E-state index in [1.54, 1.807) is 194 Å². The molecule has 10 N–H and O–H groups in total. The first-order valence-corrected chi connectivity index (χ1v) is 36.7. The van der Waals surface area contributed by atoms with Crippen LogP contribution in [-0.4, -0.2) is 96.8 Å². The predicted octanol–water partition coefficient (Wildman–Crippen LogP) is 22.0. The smallest absolute Gasteiger partial charge is 0.198 e. The van der Waals surface area contributed by atoms with Crippen LogP contribution in [0, 0.1) is 46.5 Å². The molecule has 0 amide bonds. The van der Waals surface area contributed by atoms with E-state index in [2.05, 4.69) is 62.5 Å². The molecule has 2 aliphatic heterocycles. The molecular formula is C88H66F8N16O8. The number of aromatic nitrogens is 8. The van der Waals surface area contributed by atoms with Crippen LogP contribution in [0.2, 0.25) is 0 Å². The van der Waals surface area contributed by atoms with Crippen LogP contribution in [-0.2, 0) is 0 Å². The minimum Gasteiger partial charge on any atom is -0.497 e. The molecule has 0 radical (unpaired) electrons. The first-order valence-electron chi connectivity index (χ1n) is 36.7. The molecule has 32 heteroatoms. The van der Waals surface area contributed by atoms with Gasteiger partial charge in [-0.1, -0.05) is 48.5 Å². The molecule has 2 aliphatic rings. The van der Waals surface area contributed by atoms with Crippen LogP contribution in [0.25, 0.3) is 89.7 Å². The summed E-state index contributed by atoms with van der Waals surface area (Å²) in [5.74, 6) is -17.1. The van der Waals surface area contributed by atoms with E-state index in [0.29, 0.717) is 91.5 Å². The molecule has 8 bridgehead atoms. The predicted molar refractivity (Wildman–Crippen MR) is 446 cm³/mol. The zero-order valence-corrected chi connectivity index (χ0v) is 64.4. The average Bonchev–Trinajstić information content (AvgIpc) is 1.54. The van der Waals surface area contributed by atoms with Crippen molar-refractivity contribution >= 4 is 135 Å². The highest BCUT2D eigenvalue weighted by atomic mass is 19.2. The number of benzene rings is 12. The molecule has 0 unspecified atom stereocenters. The largest absolute Gasteiger partial charge is 0.497 e. The summed E-state index contributed by atoms with van der Waals surface area (Å²) in [5.41, 5.74) is -0.552. The lowest BCUT2D eigenvalue weighted by Crippen LogP contribution is -2.09. The summed E-state index contributed by atoms with van der Waals surface area (Å²) in [6, 6.07) is 55.4. The monoisotopic (exact) mass is 1630 g/mol.